The van der Waals surface area contributed by atoms with Crippen molar-refractivity contribution < 1.29 is 9.59 Å². The molecule has 5 aliphatic heterocycles. The molecular formula is C23H20N4O2S2. The van der Waals surface area contributed by atoms with Crippen LogP contribution in [0, 0.1) is 0 Å². The van der Waals surface area contributed by atoms with Gasteiger partial charge in [-0.2, -0.15) is 0 Å². The molecule has 1 spiro atoms. The van der Waals surface area contributed by atoms with Crippen LogP contribution in [-0.4, -0.2) is 49.6 Å². The largest absolute Gasteiger partial charge is 0.364 e. The van der Waals surface area contributed by atoms with E-state index in [0.717, 1.165) is 27.7 Å². The van der Waals surface area contributed by atoms with Crippen LogP contribution in [0.2, 0.25) is 0 Å². The first-order valence-corrected chi connectivity index (χ1v) is 12.5. The van der Waals surface area contributed by atoms with Crippen molar-refractivity contribution in [3.63, 3.8) is 0 Å². The van der Waals surface area contributed by atoms with Gasteiger partial charge in [-0.15, -0.1) is 0 Å². The van der Waals surface area contributed by atoms with E-state index in [1.807, 2.05) is 36.1 Å². The lowest BCUT2D eigenvalue weighted by atomic mass is 9.72. The van der Waals surface area contributed by atoms with Crippen LogP contribution >= 0.6 is 21.6 Å². The Morgan fingerprint density at radius 2 is 1.77 bits per heavy atom. The molecule has 0 aliphatic carbocycles. The fraction of sp³-hybridized carbons (Fsp3) is 0.304. The average Bonchev–Trinajstić information content (AvgIpc) is 3.42. The van der Waals surface area contributed by atoms with Crippen molar-refractivity contribution in [2.75, 3.05) is 12.4 Å². The molecule has 0 saturated carbocycles. The van der Waals surface area contributed by atoms with Crippen molar-refractivity contribution in [2.24, 2.45) is 0 Å². The SMILES string of the molecule is CN1C(=O)C23CC4(c5c[nH]c6ccccc56)c5ccccc5NC4N2C(=O)C1(C)SS3. The van der Waals surface area contributed by atoms with E-state index in [2.05, 4.69) is 40.8 Å². The molecule has 2 aromatic carbocycles. The van der Waals surface area contributed by atoms with Gasteiger partial charge < -0.3 is 15.2 Å². The Hall–Kier alpha value is -2.58. The van der Waals surface area contributed by atoms with Crippen LogP contribution in [-0.2, 0) is 15.0 Å². The summed E-state index contributed by atoms with van der Waals surface area (Å²) in [6.45, 7) is 1.86. The molecule has 2 bridgehead atoms. The number of rotatable bonds is 1. The summed E-state index contributed by atoms with van der Waals surface area (Å²) >= 11 is 0. The number of likely N-dealkylation sites (N-methyl/N-ethyl adjacent to an activating group) is 1. The monoisotopic (exact) mass is 448 g/mol. The molecule has 3 aromatic rings. The van der Waals surface area contributed by atoms with Gasteiger partial charge in [-0.3, -0.25) is 14.5 Å². The van der Waals surface area contributed by atoms with Crippen LogP contribution in [0.25, 0.3) is 10.9 Å². The number of para-hydroxylation sites is 2. The van der Waals surface area contributed by atoms with Gasteiger partial charge >= 0.3 is 0 Å². The number of piperazine rings is 1. The quantitative estimate of drug-likeness (QED) is 0.556. The second-order valence-corrected chi connectivity index (χ2v) is 11.8. The highest BCUT2D eigenvalue weighted by molar-refractivity contribution is 8.78. The van der Waals surface area contributed by atoms with E-state index in [4.69, 9.17) is 0 Å². The minimum atomic E-state index is -0.919. The molecule has 4 unspecified atom stereocenters. The number of aromatic nitrogens is 1. The molecule has 156 valence electrons. The van der Waals surface area contributed by atoms with Crippen molar-refractivity contribution >= 4 is 50.0 Å². The molecule has 4 fully saturated rings. The van der Waals surface area contributed by atoms with Crippen LogP contribution in [0.4, 0.5) is 5.69 Å². The summed E-state index contributed by atoms with van der Waals surface area (Å²) < 4.78 is 0. The number of fused-ring (bicyclic) bond motifs is 6. The molecule has 2 N–H and O–H groups in total. The van der Waals surface area contributed by atoms with Gasteiger partial charge in [-0.05, 0) is 30.2 Å². The minimum absolute atomic E-state index is 0.00497. The number of nitrogens with zero attached hydrogens (tertiary/aromatic N) is 2. The number of carbonyl (C=O) groups excluding carboxylic acids is 2. The molecule has 4 saturated heterocycles. The predicted octanol–water partition coefficient (Wildman–Crippen LogP) is 3.72. The summed E-state index contributed by atoms with van der Waals surface area (Å²) in [6, 6.07) is 16.5. The maximum absolute atomic E-state index is 13.9. The molecule has 0 radical (unpaired) electrons. The lowest BCUT2D eigenvalue weighted by molar-refractivity contribution is -0.163. The maximum atomic E-state index is 13.9. The maximum Gasteiger partial charge on any atom is 0.262 e. The van der Waals surface area contributed by atoms with Gasteiger partial charge in [0.15, 0.2) is 9.74 Å². The van der Waals surface area contributed by atoms with Gasteiger partial charge in [-0.1, -0.05) is 58.0 Å². The molecular weight excluding hydrogens is 428 g/mol. The summed E-state index contributed by atoms with van der Waals surface area (Å²) in [5.74, 6) is 0.0246. The summed E-state index contributed by atoms with van der Waals surface area (Å²) in [5, 5.41) is 4.78. The van der Waals surface area contributed by atoms with Gasteiger partial charge in [0.05, 0.1) is 5.41 Å². The van der Waals surface area contributed by atoms with Crippen molar-refractivity contribution in [1.82, 2.24) is 14.8 Å². The number of amides is 2. The average molecular weight is 449 g/mol. The van der Waals surface area contributed by atoms with Gasteiger partial charge in [-0.25, -0.2) is 0 Å². The van der Waals surface area contributed by atoms with Crippen LogP contribution in [0.15, 0.2) is 54.7 Å². The Morgan fingerprint density at radius 3 is 2.65 bits per heavy atom. The zero-order valence-electron chi connectivity index (χ0n) is 17.0. The van der Waals surface area contributed by atoms with Crippen LogP contribution < -0.4 is 5.32 Å². The normalized spacial score (nSPS) is 35.4. The fourth-order valence-electron chi connectivity index (χ4n) is 6.02. The standard InChI is InChI=1S/C23H20N4O2S2/c1-21-19(28)27-18-22(14-8-4-6-10-17(14)25-18,12-23(27,31-30-21)20(29)26(21)2)15-11-24-16-9-5-3-7-13(15)16/h3-11,18,24-25H,12H2,1-2H3. The first-order valence-electron chi connectivity index (χ1n) is 10.3. The van der Waals surface area contributed by atoms with Gasteiger partial charge in [0, 0.05) is 36.3 Å². The Kier molecular flexibility index (Phi) is 3.15. The van der Waals surface area contributed by atoms with E-state index < -0.39 is 15.2 Å². The summed E-state index contributed by atoms with van der Waals surface area (Å²) in [4.78, 5) is 32.7. The molecule has 1 aromatic heterocycles. The molecule has 6 heterocycles. The second-order valence-electron chi connectivity index (χ2n) is 8.96. The number of nitrogens with one attached hydrogen (secondary N) is 2. The minimum Gasteiger partial charge on any atom is -0.364 e. The van der Waals surface area contributed by atoms with E-state index in [-0.39, 0.29) is 18.0 Å². The van der Waals surface area contributed by atoms with Crippen molar-refractivity contribution in [3.05, 3.63) is 65.9 Å². The first kappa shape index (κ1) is 18.0. The lowest BCUT2D eigenvalue weighted by Crippen LogP contribution is -2.75. The van der Waals surface area contributed by atoms with E-state index in [1.54, 1.807) is 22.7 Å². The zero-order chi connectivity index (χ0) is 21.2. The summed E-state index contributed by atoms with van der Waals surface area (Å²) in [7, 11) is 4.84. The third kappa shape index (κ3) is 1.79. The smallest absolute Gasteiger partial charge is 0.262 e. The van der Waals surface area contributed by atoms with E-state index in [9.17, 15) is 9.59 Å². The highest BCUT2D eigenvalue weighted by Crippen LogP contribution is 2.69. The van der Waals surface area contributed by atoms with Crippen molar-refractivity contribution in [2.45, 2.75) is 34.7 Å². The number of carbonyl (C=O) groups is 2. The number of H-pyrrole nitrogens is 1. The Balaban J connectivity index is 1.55. The summed E-state index contributed by atoms with van der Waals surface area (Å²) in [6.07, 6.45) is 2.29. The third-order valence-corrected chi connectivity index (χ3v) is 11.3. The summed E-state index contributed by atoms with van der Waals surface area (Å²) in [5.41, 5.74) is 3.86. The number of hydrogen-bond donors (Lipinski definition) is 2. The highest BCUT2D eigenvalue weighted by Gasteiger charge is 2.77. The lowest BCUT2D eigenvalue weighted by Gasteiger charge is -2.57. The van der Waals surface area contributed by atoms with Gasteiger partial charge in [0.2, 0.25) is 0 Å². The van der Waals surface area contributed by atoms with Crippen molar-refractivity contribution in [1.29, 1.82) is 0 Å². The molecule has 2 amide bonds. The number of benzene rings is 2. The van der Waals surface area contributed by atoms with Gasteiger partial charge in [0.25, 0.3) is 11.8 Å². The first-order chi connectivity index (χ1) is 14.9. The van der Waals surface area contributed by atoms with Crippen LogP contribution in [0.5, 0.6) is 0 Å². The van der Waals surface area contributed by atoms with Crippen molar-refractivity contribution in [3.8, 4) is 0 Å². The Bertz CT molecular complexity index is 1320. The fourth-order valence-corrected chi connectivity index (χ4v) is 9.53. The van der Waals surface area contributed by atoms with Crippen LogP contribution in [0.1, 0.15) is 24.5 Å². The Morgan fingerprint density at radius 1 is 1.00 bits per heavy atom. The van der Waals surface area contributed by atoms with Gasteiger partial charge in [0.1, 0.15) is 6.17 Å². The molecule has 5 aliphatic rings. The number of anilines is 1. The topological polar surface area (TPSA) is 68.4 Å². The molecule has 4 atom stereocenters. The second kappa shape index (κ2) is 5.42. The molecule has 8 rings (SSSR count). The zero-order valence-corrected chi connectivity index (χ0v) is 18.6. The van der Waals surface area contributed by atoms with E-state index in [0.29, 0.717) is 6.42 Å². The van der Waals surface area contributed by atoms with E-state index >= 15 is 0 Å². The molecule has 6 nitrogen and oxygen atoms in total. The number of aromatic amines is 1. The highest BCUT2D eigenvalue weighted by atomic mass is 33.1. The number of hydrogen-bond acceptors (Lipinski definition) is 5. The predicted molar refractivity (Wildman–Crippen MR) is 123 cm³/mol. The molecule has 8 heteroatoms. The van der Waals surface area contributed by atoms with Crippen LogP contribution in [0.3, 0.4) is 0 Å². The molecule has 31 heavy (non-hydrogen) atoms. The Labute approximate surface area is 187 Å². The third-order valence-electron chi connectivity index (χ3n) is 7.64. The van der Waals surface area contributed by atoms with E-state index in [1.165, 1.54) is 10.8 Å².